The number of nitrogens with one attached hydrogen (secondary N) is 1. The van der Waals surface area contributed by atoms with Crippen LogP contribution in [0.25, 0.3) is 10.9 Å². The number of aromatic nitrogens is 1. The van der Waals surface area contributed by atoms with Crippen LogP contribution in [0.15, 0.2) is 35.1 Å². The second-order valence-electron chi connectivity index (χ2n) is 11.1. The zero-order valence-electron chi connectivity index (χ0n) is 22.3. The fourth-order valence-electron chi connectivity index (χ4n) is 6.36. The molecule has 0 radical (unpaired) electrons. The number of hydrogen-bond donors (Lipinski definition) is 2. The topological polar surface area (TPSA) is 107 Å². The summed E-state index contributed by atoms with van der Waals surface area (Å²) in [5, 5.41) is 14.7. The molecule has 2 N–H and O–H groups in total. The Bertz CT molecular complexity index is 1210. The van der Waals surface area contributed by atoms with Gasteiger partial charge in [0.1, 0.15) is 5.56 Å². The molecular weight excluding hydrogens is 486 g/mol. The molecule has 2 atom stereocenters. The minimum Gasteiger partial charge on any atom is -0.449 e. The molecule has 2 amide bonds. The highest BCUT2D eigenvalue weighted by molar-refractivity contribution is 5.97. The largest absolute Gasteiger partial charge is 0.449 e. The summed E-state index contributed by atoms with van der Waals surface area (Å²) < 4.78 is 7.17. The van der Waals surface area contributed by atoms with E-state index in [1.165, 1.54) is 5.06 Å². The van der Waals surface area contributed by atoms with Crippen LogP contribution in [0.1, 0.15) is 62.4 Å². The number of hydroxylamine groups is 2. The Kier molecular flexibility index (Phi) is 8.01. The van der Waals surface area contributed by atoms with Crippen LogP contribution < -0.4 is 10.9 Å². The van der Waals surface area contributed by atoms with Gasteiger partial charge in [0.05, 0.1) is 12.1 Å². The summed E-state index contributed by atoms with van der Waals surface area (Å²) in [4.78, 5) is 42.9. The van der Waals surface area contributed by atoms with Crippen LogP contribution in [0.2, 0.25) is 0 Å². The van der Waals surface area contributed by atoms with Gasteiger partial charge in [0.15, 0.2) is 0 Å². The van der Waals surface area contributed by atoms with Crippen molar-refractivity contribution in [3.05, 3.63) is 46.2 Å². The lowest BCUT2D eigenvalue weighted by Gasteiger charge is -2.39. The lowest BCUT2D eigenvalue weighted by molar-refractivity contribution is -0.114. The third-order valence-electron chi connectivity index (χ3n) is 8.23. The van der Waals surface area contributed by atoms with E-state index in [1.807, 2.05) is 38.1 Å². The van der Waals surface area contributed by atoms with Gasteiger partial charge in [-0.25, -0.2) is 4.79 Å². The van der Waals surface area contributed by atoms with E-state index in [1.54, 1.807) is 15.5 Å². The molecule has 3 saturated heterocycles. The Balaban J connectivity index is 1.14. The third-order valence-corrected chi connectivity index (χ3v) is 8.23. The second-order valence-corrected chi connectivity index (χ2v) is 11.1. The Morgan fingerprint density at radius 2 is 1.76 bits per heavy atom. The van der Waals surface area contributed by atoms with Crippen molar-refractivity contribution in [2.75, 3.05) is 39.3 Å². The molecule has 3 aliphatic rings. The van der Waals surface area contributed by atoms with E-state index >= 15 is 0 Å². The van der Waals surface area contributed by atoms with Gasteiger partial charge in [-0.3, -0.25) is 14.5 Å². The fourth-order valence-corrected chi connectivity index (χ4v) is 6.36. The zero-order valence-corrected chi connectivity index (χ0v) is 22.3. The summed E-state index contributed by atoms with van der Waals surface area (Å²) in [6, 6.07) is 10.2. The van der Waals surface area contributed by atoms with Crippen LogP contribution in [-0.4, -0.2) is 94.1 Å². The van der Waals surface area contributed by atoms with E-state index in [0.717, 1.165) is 49.6 Å². The molecule has 2 bridgehead atoms. The van der Waals surface area contributed by atoms with Gasteiger partial charge >= 0.3 is 6.09 Å². The molecule has 2 unspecified atom stereocenters. The average Bonchev–Trinajstić information content (AvgIpc) is 3.13. The number of nitrogens with zero attached hydrogens (tertiary/aromatic N) is 4. The minimum absolute atomic E-state index is 0.0395. The maximum atomic E-state index is 13.3. The first-order valence-corrected chi connectivity index (χ1v) is 13.9. The molecule has 2 aromatic rings. The molecule has 1 aromatic heterocycles. The molecule has 3 fully saturated rings. The Hall–Kier alpha value is -2.95. The highest BCUT2D eigenvalue weighted by Gasteiger charge is 2.41. The molecule has 38 heavy (non-hydrogen) atoms. The number of benzene rings is 1. The predicted molar refractivity (Wildman–Crippen MR) is 143 cm³/mol. The number of piperazine rings is 1. The van der Waals surface area contributed by atoms with Gasteiger partial charge in [-0.05, 0) is 63.5 Å². The summed E-state index contributed by atoms with van der Waals surface area (Å²) in [7, 11) is 0. The highest BCUT2D eigenvalue weighted by Crippen LogP contribution is 2.36. The lowest BCUT2D eigenvalue weighted by Crippen LogP contribution is -2.51. The summed E-state index contributed by atoms with van der Waals surface area (Å²) in [6.07, 6.45) is 4.37. The molecule has 5 rings (SSSR count). The first kappa shape index (κ1) is 26.6. The number of pyridine rings is 1. The van der Waals surface area contributed by atoms with Crippen LogP contribution in [0.4, 0.5) is 4.79 Å². The van der Waals surface area contributed by atoms with E-state index < -0.39 is 0 Å². The van der Waals surface area contributed by atoms with Gasteiger partial charge in [-0.15, -0.1) is 0 Å². The number of rotatable bonds is 7. The number of para-hydroxylation sites is 1. The van der Waals surface area contributed by atoms with Crippen molar-refractivity contribution in [1.82, 2.24) is 24.7 Å². The molecule has 206 valence electrons. The van der Waals surface area contributed by atoms with Crippen molar-refractivity contribution >= 4 is 22.9 Å². The average molecular weight is 526 g/mol. The van der Waals surface area contributed by atoms with Gasteiger partial charge in [0.2, 0.25) is 0 Å². The van der Waals surface area contributed by atoms with Crippen molar-refractivity contribution in [2.24, 2.45) is 0 Å². The van der Waals surface area contributed by atoms with Crippen LogP contribution >= 0.6 is 0 Å². The molecule has 4 heterocycles. The van der Waals surface area contributed by atoms with Crippen LogP contribution in [-0.2, 0) is 4.74 Å². The highest BCUT2D eigenvalue weighted by atomic mass is 16.6. The molecule has 10 nitrogen and oxygen atoms in total. The van der Waals surface area contributed by atoms with Crippen molar-refractivity contribution < 1.29 is 19.5 Å². The molecular formula is C28H39N5O5. The van der Waals surface area contributed by atoms with Gasteiger partial charge in [0, 0.05) is 56.9 Å². The van der Waals surface area contributed by atoms with Gasteiger partial charge in [0.25, 0.3) is 11.5 Å². The summed E-state index contributed by atoms with van der Waals surface area (Å²) >= 11 is 0. The van der Waals surface area contributed by atoms with Gasteiger partial charge in [-0.1, -0.05) is 18.2 Å². The SMILES string of the molecule is CC(C)n1c(=O)c(C(=O)NC2CC3CCC(C2)N3CCCOC(=O)N2CCN(O)CC2)cc2ccccc21. The number of carbonyl (C=O) groups excluding carboxylic acids is 2. The summed E-state index contributed by atoms with van der Waals surface area (Å²) in [5.74, 6) is -0.290. The molecule has 10 heteroatoms. The molecule has 0 saturated carbocycles. The van der Waals surface area contributed by atoms with E-state index in [-0.39, 0.29) is 35.2 Å². The van der Waals surface area contributed by atoms with E-state index in [9.17, 15) is 19.6 Å². The van der Waals surface area contributed by atoms with Crippen molar-refractivity contribution in [1.29, 1.82) is 0 Å². The number of amides is 2. The summed E-state index contributed by atoms with van der Waals surface area (Å²) in [6.45, 7) is 6.99. The quantitative estimate of drug-likeness (QED) is 0.536. The maximum Gasteiger partial charge on any atom is 0.409 e. The molecule has 3 aliphatic heterocycles. The molecule has 0 spiro atoms. The van der Waals surface area contributed by atoms with Crippen LogP contribution in [0, 0.1) is 0 Å². The van der Waals surface area contributed by atoms with Crippen LogP contribution in [0.3, 0.4) is 0 Å². The number of piperidine rings is 1. The van der Waals surface area contributed by atoms with Gasteiger partial charge < -0.3 is 24.7 Å². The zero-order chi connectivity index (χ0) is 26.8. The summed E-state index contributed by atoms with van der Waals surface area (Å²) in [5.41, 5.74) is 0.799. The maximum absolute atomic E-state index is 13.3. The Morgan fingerprint density at radius 1 is 1.08 bits per heavy atom. The van der Waals surface area contributed by atoms with Crippen molar-refractivity contribution in [3.63, 3.8) is 0 Å². The standard InChI is InChI=1S/C28H39N5O5/c1-19(2)33-25-7-4-3-6-20(25)16-24(27(33)35)26(34)29-21-17-22-8-9-23(18-21)32(22)10-5-15-38-28(36)30-11-13-31(37)14-12-30/h3-4,6-7,16,19,21-23,37H,5,8-15,17-18H2,1-2H3,(H,29,34). The monoisotopic (exact) mass is 525 g/mol. The van der Waals surface area contributed by atoms with Crippen molar-refractivity contribution in [3.8, 4) is 0 Å². The number of ether oxygens (including phenoxy) is 1. The van der Waals surface area contributed by atoms with E-state index in [0.29, 0.717) is 44.9 Å². The Morgan fingerprint density at radius 3 is 2.45 bits per heavy atom. The predicted octanol–water partition coefficient (Wildman–Crippen LogP) is 2.84. The Labute approximate surface area is 223 Å². The number of carbonyl (C=O) groups is 2. The fraction of sp³-hybridized carbons (Fsp3) is 0.607. The smallest absolute Gasteiger partial charge is 0.409 e. The number of hydrogen-bond acceptors (Lipinski definition) is 7. The minimum atomic E-state index is -0.312. The van der Waals surface area contributed by atoms with E-state index in [2.05, 4.69) is 10.2 Å². The third kappa shape index (κ3) is 5.57. The first-order valence-electron chi connectivity index (χ1n) is 13.9. The van der Waals surface area contributed by atoms with E-state index in [4.69, 9.17) is 4.74 Å². The molecule has 1 aromatic carbocycles. The second kappa shape index (κ2) is 11.4. The number of fused-ring (bicyclic) bond motifs is 3. The lowest BCUT2D eigenvalue weighted by atomic mass is 9.96. The first-order chi connectivity index (χ1) is 18.3. The van der Waals surface area contributed by atoms with Crippen LogP contribution in [0.5, 0.6) is 0 Å². The normalized spacial score (nSPS) is 24.2. The van der Waals surface area contributed by atoms with Gasteiger partial charge in [-0.2, -0.15) is 5.06 Å². The van der Waals surface area contributed by atoms with Crippen molar-refractivity contribution in [2.45, 2.75) is 70.1 Å². The molecule has 0 aliphatic carbocycles.